The van der Waals surface area contributed by atoms with Gasteiger partial charge in [-0.25, -0.2) is 4.79 Å². The molecule has 0 spiro atoms. The Labute approximate surface area is 144 Å². The summed E-state index contributed by atoms with van der Waals surface area (Å²) in [6, 6.07) is 4.70. The number of hydrogen-bond donors (Lipinski definition) is 3. The molecule has 0 saturated carbocycles. The van der Waals surface area contributed by atoms with Crippen molar-refractivity contribution in [1.29, 1.82) is 0 Å². The van der Waals surface area contributed by atoms with E-state index in [1.165, 1.54) is 4.88 Å². The third-order valence-corrected chi connectivity index (χ3v) is 4.96. The van der Waals surface area contributed by atoms with Gasteiger partial charge in [-0.1, -0.05) is 6.92 Å². The Kier molecular flexibility index (Phi) is 4.80. The first kappa shape index (κ1) is 16.4. The van der Waals surface area contributed by atoms with Crippen LogP contribution in [0, 0.1) is 12.8 Å². The van der Waals surface area contributed by atoms with Gasteiger partial charge in [0.05, 0.1) is 11.4 Å². The smallest absolute Gasteiger partial charge is 0.319 e. The molecule has 3 heterocycles. The van der Waals surface area contributed by atoms with Crippen LogP contribution in [-0.4, -0.2) is 29.5 Å². The molecule has 2 atom stereocenters. The highest BCUT2D eigenvalue weighted by Gasteiger charge is 2.30. The van der Waals surface area contributed by atoms with Gasteiger partial charge >= 0.3 is 6.03 Å². The van der Waals surface area contributed by atoms with Gasteiger partial charge in [-0.05, 0) is 37.5 Å². The lowest BCUT2D eigenvalue weighted by atomic mass is 9.94. The molecule has 0 aliphatic carbocycles. The average molecular weight is 344 g/mol. The number of hydrogen-bond acceptors (Lipinski definition) is 4. The zero-order chi connectivity index (χ0) is 17.1. The van der Waals surface area contributed by atoms with Crippen LogP contribution in [0.25, 0.3) is 11.3 Å². The second-order valence-corrected chi connectivity index (χ2v) is 7.09. The Morgan fingerprint density at radius 1 is 1.46 bits per heavy atom. The highest BCUT2D eigenvalue weighted by molar-refractivity contribution is 7.10. The number of aryl methyl sites for hydroxylation is 1. The number of nitrogens with zero attached hydrogens (tertiary/aromatic N) is 1. The van der Waals surface area contributed by atoms with E-state index in [-0.39, 0.29) is 11.8 Å². The third kappa shape index (κ3) is 3.56. The summed E-state index contributed by atoms with van der Waals surface area (Å²) in [5.41, 5.74) is 2.31. The molecule has 1 aliphatic heterocycles. The van der Waals surface area contributed by atoms with Crippen LogP contribution in [0.3, 0.4) is 0 Å². The van der Waals surface area contributed by atoms with Gasteiger partial charge in [-0.15, -0.1) is 11.3 Å². The van der Waals surface area contributed by atoms with Crippen molar-refractivity contribution in [1.82, 2.24) is 15.6 Å². The van der Waals surface area contributed by atoms with Crippen LogP contribution in [0.4, 0.5) is 10.5 Å². The fraction of sp³-hybridized carbons (Fsp3) is 0.353. The number of thiophene rings is 1. The summed E-state index contributed by atoms with van der Waals surface area (Å²) < 4.78 is 0. The van der Waals surface area contributed by atoms with Crippen LogP contribution in [-0.2, 0) is 4.79 Å². The van der Waals surface area contributed by atoms with E-state index < -0.39 is 12.1 Å². The van der Waals surface area contributed by atoms with Crippen LogP contribution < -0.4 is 16.0 Å². The number of nitrogens with one attached hydrogen (secondary N) is 3. The molecule has 7 heteroatoms. The van der Waals surface area contributed by atoms with Crippen molar-refractivity contribution in [3.8, 4) is 11.3 Å². The molecule has 0 bridgehead atoms. The van der Waals surface area contributed by atoms with E-state index in [0.717, 1.165) is 17.7 Å². The summed E-state index contributed by atoms with van der Waals surface area (Å²) in [7, 11) is 0. The summed E-state index contributed by atoms with van der Waals surface area (Å²) in [6.45, 7) is 4.65. The zero-order valence-corrected chi connectivity index (χ0v) is 14.4. The minimum atomic E-state index is -0.512. The summed E-state index contributed by atoms with van der Waals surface area (Å²) in [4.78, 5) is 29.8. The van der Waals surface area contributed by atoms with Gasteiger partial charge in [0.15, 0.2) is 0 Å². The zero-order valence-electron chi connectivity index (χ0n) is 13.6. The van der Waals surface area contributed by atoms with E-state index >= 15 is 0 Å². The summed E-state index contributed by atoms with van der Waals surface area (Å²) >= 11 is 1.63. The number of carbonyl (C=O) groups excluding carboxylic acids is 2. The van der Waals surface area contributed by atoms with E-state index in [2.05, 4.69) is 20.9 Å². The van der Waals surface area contributed by atoms with Crippen molar-refractivity contribution >= 4 is 29.0 Å². The fourth-order valence-electron chi connectivity index (χ4n) is 2.77. The first-order valence-corrected chi connectivity index (χ1v) is 8.78. The summed E-state index contributed by atoms with van der Waals surface area (Å²) in [5, 5.41) is 10.4. The number of pyridine rings is 1. The maximum absolute atomic E-state index is 12.3. The molecule has 1 saturated heterocycles. The molecule has 1 fully saturated rings. The Balaban J connectivity index is 1.74. The number of piperidine rings is 1. The molecule has 3 N–H and O–H groups in total. The van der Waals surface area contributed by atoms with Crippen molar-refractivity contribution < 1.29 is 9.59 Å². The van der Waals surface area contributed by atoms with Crippen molar-refractivity contribution in [3.05, 3.63) is 34.7 Å². The molecule has 0 aromatic carbocycles. The first-order chi connectivity index (χ1) is 11.5. The van der Waals surface area contributed by atoms with Gasteiger partial charge in [0.2, 0.25) is 5.91 Å². The lowest BCUT2D eigenvalue weighted by Crippen LogP contribution is -2.55. The minimum absolute atomic E-state index is 0.109. The second kappa shape index (κ2) is 7.00. The molecular formula is C17H20N4O2S. The van der Waals surface area contributed by atoms with Crippen LogP contribution >= 0.6 is 11.3 Å². The maximum atomic E-state index is 12.3. The lowest BCUT2D eigenvalue weighted by Gasteiger charge is -2.29. The largest absolute Gasteiger partial charge is 0.354 e. The van der Waals surface area contributed by atoms with Crippen molar-refractivity contribution in [2.45, 2.75) is 26.3 Å². The van der Waals surface area contributed by atoms with Crippen molar-refractivity contribution in [3.63, 3.8) is 0 Å². The quantitative estimate of drug-likeness (QED) is 0.800. The molecule has 3 rings (SSSR count). The number of rotatable bonds is 3. The number of carbonyl (C=O) groups is 2. The van der Waals surface area contributed by atoms with Gasteiger partial charge in [0, 0.05) is 28.6 Å². The van der Waals surface area contributed by atoms with Gasteiger partial charge < -0.3 is 16.0 Å². The predicted molar refractivity (Wildman–Crippen MR) is 95.0 cm³/mol. The Morgan fingerprint density at radius 2 is 2.29 bits per heavy atom. The van der Waals surface area contributed by atoms with Gasteiger partial charge in [0.25, 0.3) is 0 Å². The number of aromatic nitrogens is 1. The molecule has 24 heavy (non-hydrogen) atoms. The molecule has 126 valence electrons. The molecule has 1 aliphatic rings. The standard InChI is InChI=1S/C17H20N4O2S/c1-10-5-7-19-16(22)14(10)21-17(23)20-13-4-3-6-18-15(13)12-8-11(2)24-9-12/h3-4,6,8-10,14H,5,7H2,1-2H3,(H,19,22)(H2,20,21,23)/t10-,14-/m0/s1. The Bertz CT molecular complexity index is 759. The van der Waals surface area contributed by atoms with Gasteiger partial charge in [-0.3, -0.25) is 9.78 Å². The number of urea groups is 1. The van der Waals surface area contributed by atoms with E-state index in [4.69, 9.17) is 0 Å². The summed E-state index contributed by atoms with van der Waals surface area (Å²) in [5.74, 6) is -0.0267. The van der Waals surface area contributed by atoms with Gasteiger partial charge in [0.1, 0.15) is 6.04 Å². The lowest BCUT2D eigenvalue weighted by molar-refractivity contribution is -0.125. The molecular weight excluding hydrogens is 324 g/mol. The third-order valence-electron chi connectivity index (χ3n) is 4.10. The maximum Gasteiger partial charge on any atom is 0.319 e. The van der Waals surface area contributed by atoms with Crippen LogP contribution in [0.15, 0.2) is 29.8 Å². The van der Waals surface area contributed by atoms with E-state index in [1.54, 1.807) is 29.7 Å². The molecule has 2 aromatic heterocycles. The van der Waals surface area contributed by atoms with Crippen LogP contribution in [0.5, 0.6) is 0 Å². The molecule has 0 radical (unpaired) electrons. The summed E-state index contributed by atoms with van der Waals surface area (Å²) in [6.07, 6.45) is 2.55. The molecule has 2 aromatic rings. The normalized spacial score (nSPS) is 20.3. The number of anilines is 1. The molecule has 6 nitrogen and oxygen atoms in total. The van der Waals surface area contributed by atoms with E-state index in [0.29, 0.717) is 12.2 Å². The highest BCUT2D eigenvalue weighted by atomic mass is 32.1. The van der Waals surface area contributed by atoms with E-state index in [9.17, 15) is 9.59 Å². The Hall–Kier alpha value is -2.41. The predicted octanol–water partition coefficient (Wildman–Crippen LogP) is 2.76. The minimum Gasteiger partial charge on any atom is -0.354 e. The molecule has 0 unspecified atom stereocenters. The fourth-order valence-corrected chi connectivity index (χ4v) is 3.46. The van der Waals surface area contributed by atoms with E-state index in [1.807, 2.05) is 25.3 Å². The van der Waals surface area contributed by atoms with Gasteiger partial charge in [-0.2, -0.15) is 0 Å². The highest BCUT2D eigenvalue weighted by Crippen LogP contribution is 2.29. The monoisotopic (exact) mass is 344 g/mol. The van der Waals surface area contributed by atoms with Crippen molar-refractivity contribution in [2.24, 2.45) is 5.92 Å². The van der Waals surface area contributed by atoms with Crippen LogP contribution in [0.1, 0.15) is 18.2 Å². The second-order valence-electron chi connectivity index (χ2n) is 5.98. The SMILES string of the molecule is Cc1cc(-c2ncccc2NC(=O)N[C@@H]2C(=O)NCC[C@@H]2C)cs1. The average Bonchev–Trinajstić information content (AvgIpc) is 2.98. The van der Waals surface area contributed by atoms with Crippen LogP contribution in [0.2, 0.25) is 0 Å². The topological polar surface area (TPSA) is 83.1 Å². The first-order valence-electron chi connectivity index (χ1n) is 7.90. The molecule has 3 amide bonds. The number of amides is 3. The Morgan fingerprint density at radius 3 is 3.00 bits per heavy atom. The van der Waals surface area contributed by atoms with Crippen molar-refractivity contribution in [2.75, 3.05) is 11.9 Å².